The van der Waals surface area contributed by atoms with E-state index in [0.717, 1.165) is 0 Å². The van der Waals surface area contributed by atoms with E-state index in [0.29, 0.717) is 40.4 Å². The second kappa shape index (κ2) is 12.2. The summed E-state index contributed by atoms with van der Waals surface area (Å²) >= 11 is 6.63. The highest BCUT2D eigenvalue weighted by atomic mass is 35.5. The van der Waals surface area contributed by atoms with Crippen LogP contribution in [0, 0.1) is 23.2 Å². The molecular formula is C34H46BClN2O8. The molecule has 2 aromatic rings. The fourth-order valence-electron chi connectivity index (χ4n) is 7.90. The van der Waals surface area contributed by atoms with E-state index in [9.17, 15) is 9.59 Å². The van der Waals surface area contributed by atoms with E-state index in [1.54, 1.807) is 45.0 Å². The summed E-state index contributed by atoms with van der Waals surface area (Å²) in [5, 5.41) is 3.27. The average molecular weight is 657 g/mol. The van der Waals surface area contributed by atoms with Crippen LogP contribution in [-0.4, -0.2) is 63.6 Å². The Morgan fingerprint density at radius 3 is 2.35 bits per heavy atom. The number of nitrogens with one attached hydrogen (secondary N) is 1. The van der Waals surface area contributed by atoms with Gasteiger partial charge < -0.3 is 39.3 Å². The van der Waals surface area contributed by atoms with Gasteiger partial charge in [0.1, 0.15) is 23.0 Å². The number of ether oxygens (including phenoxy) is 4. The number of carbonyl (C=O) groups excluding carboxylic acids is 2. The van der Waals surface area contributed by atoms with E-state index in [1.165, 1.54) is 21.3 Å². The van der Waals surface area contributed by atoms with Crippen molar-refractivity contribution in [2.75, 3.05) is 21.3 Å². The predicted octanol–water partition coefficient (Wildman–Crippen LogP) is 5.17. The van der Waals surface area contributed by atoms with Crippen molar-refractivity contribution >= 4 is 30.6 Å². The van der Waals surface area contributed by atoms with Crippen molar-refractivity contribution in [1.29, 1.82) is 0 Å². The van der Waals surface area contributed by atoms with Crippen molar-refractivity contribution in [1.82, 2.24) is 5.32 Å². The summed E-state index contributed by atoms with van der Waals surface area (Å²) in [4.78, 5) is 27.0. The second-order valence-electron chi connectivity index (χ2n) is 14.4. The Bertz CT molecular complexity index is 1510. The number of esters is 1. The SMILES string of the molecule is COc1ccc(C(N)C(=O)N[C@@H](Cc2cccc(C(=O)OC(C)(C)C)c2OC)B2O[C@@H]3C4[C@H](C)C(C)(C)[C@H]4[C@]3(C)O2)c(Cl)c1OC. The van der Waals surface area contributed by atoms with E-state index < -0.39 is 42.2 Å². The molecule has 250 valence electrons. The predicted molar refractivity (Wildman–Crippen MR) is 175 cm³/mol. The highest BCUT2D eigenvalue weighted by Gasteiger charge is 2.78. The molecule has 2 aliphatic carbocycles. The van der Waals surface area contributed by atoms with Crippen molar-refractivity contribution in [3.63, 3.8) is 0 Å². The molecule has 3 aliphatic rings. The zero-order chi connectivity index (χ0) is 33.9. The standard InChI is InChI=1S/C34H46BClN2O8/c1-17-23-28(33(17,5)6)34(7)29(23)45-35(46-34)22(16-18-12-11-13-20(26(18)42-9)31(40)44-32(2,3)4)38-30(39)25(37)19-14-15-21(41-8)27(43-10)24(19)36/h11-15,17,22-23,25,28-29H,16,37H2,1-10H3,(H,38,39)/t17-,22-,23?,25?,28-,29+,34-/m0/s1. The number of para-hydroxylation sites is 1. The first kappa shape index (κ1) is 34.4. The summed E-state index contributed by atoms with van der Waals surface area (Å²) in [6.45, 7) is 14.3. The Morgan fingerprint density at radius 1 is 1.07 bits per heavy atom. The molecule has 2 aromatic carbocycles. The average Bonchev–Trinajstić information content (AvgIpc) is 3.26. The molecule has 1 amide bonds. The van der Waals surface area contributed by atoms with Gasteiger partial charge >= 0.3 is 13.1 Å². The molecule has 0 spiro atoms. The third-order valence-electron chi connectivity index (χ3n) is 10.3. The smallest absolute Gasteiger partial charge is 0.482 e. The minimum Gasteiger partial charge on any atom is -0.496 e. The highest BCUT2D eigenvalue weighted by molar-refractivity contribution is 6.48. The van der Waals surface area contributed by atoms with E-state index in [1.807, 2.05) is 6.07 Å². The van der Waals surface area contributed by atoms with Gasteiger partial charge in [-0.25, -0.2) is 4.79 Å². The van der Waals surface area contributed by atoms with Crippen molar-refractivity contribution in [2.45, 2.75) is 84.2 Å². The Kier molecular flexibility index (Phi) is 9.13. The molecule has 2 saturated carbocycles. The number of hydrogen-bond acceptors (Lipinski definition) is 9. The van der Waals surface area contributed by atoms with Gasteiger partial charge in [0.15, 0.2) is 11.5 Å². The van der Waals surface area contributed by atoms with Gasteiger partial charge in [0.25, 0.3) is 0 Å². The Balaban J connectivity index is 1.47. The van der Waals surface area contributed by atoms with Crippen LogP contribution in [0.3, 0.4) is 0 Å². The number of fused-ring (bicyclic) bond motifs is 4. The Hall–Kier alpha value is -2.99. The van der Waals surface area contributed by atoms with Crippen LogP contribution in [0.5, 0.6) is 17.2 Å². The largest absolute Gasteiger partial charge is 0.496 e. The number of methoxy groups -OCH3 is 3. The van der Waals surface area contributed by atoms with Crippen LogP contribution in [0.4, 0.5) is 0 Å². The third kappa shape index (κ3) is 5.63. The van der Waals surface area contributed by atoms with Gasteiger partial charge in [0, 0.05) is 5.56 Å². The van der Waals surface area contributed by atoms with Crippen molar-refractivity contribution in [2.24, 2.45) is 28.9 Å². The number of halogens is 1. The highest BCUT2D eigenvalue weighted by Crippen LogP contribution is 2.72. The van der Waals surface area contributed by atoms with Crippen molar-refractivity contribution < 1.29 is 37.8 Å². The van der Waals surface area contributed by atoms with Crippen molar-refractivity contribution in [3.05, 3.63) is 52.0 Å². The maximum absolute atomic E-state index is 13.9. The molecule has 12 heteroatoms. The Labute approximate surface area is 277 Å². The monoisotopic (exact) mass is 656 g/mol. The molecule has 3 fully saturated rings. The van der Waals surface area contributed by atoms with Crippen molar-refractivity contribution in [3.8, 4) is 17.2 Å². The normalized spacial score (nSPS) is 27.3. The fourth-order valence-corrected chi connectivity index (χ4v) is 8.25. The third-order valence-corrected chi connectivity index (χ3v) is 10.7. The molecule has 7 atom stereocenters. The molecule has 1 saturated heterocycles. The molecule has 0 radical (unpaired) electrons. The van der Waals surface area contributed by atoms with Crippen LogP contribution >= 0.6 is 11.6 Å². The summed E-state index contributed by atoms with van der Waals surface area (Å²) in [6, 6.07) is 7.41. The lowest BCUT2D eigenvalue weighted by molar-refractivity contribution is -0.300. The van der Waals surface area contributed by atoms with E-state index >= 15 is 0 Å². The number of rotatable bonds is 10. The molecule has 0 aromatic heterocycles. The van der Waals surface area contributed by atoms with Gasteiger partial charge in [-0.2, -0.15) is 0 Å². The van der Waals surface area contributed by atoms with Gasteiger partial charge in [0.05, 0.1) is 44.0 Å². The van der Waals surface area contributed by atoms with Crippen LogP contribution in [0.25, 0.3) is 0 Å². The molecule has 10 nitrogen and oxygen atoms in total. The van der Waals surface area contributed by atoms with Crippen LogP contribution in [-0.2, 0) is 25.3 Å². The topological polar surface area (TPSA) is 128 Å². The lowest BCUT2D eigenvalue weighted by Crippen LogP contribution is -2.78. The van der Waals surface area contributed by atoms with Crippen LogP contribution < -0.4 is 25.3 Å². The minimum atomic E-state index is -1.14. The maximum Gasteiger partial charge on any atom is 0.482 e. The minimum absolute atomic E-state index is 0.102. The summed E-state index contributed by atoms with van der Waals surface area (Å²) < 4.78 is 35.5. The van der Waals surface area contributed by atoms with E-state index in [4.69, 9.17) is 45.6 Å². The van der Waals surface area contributed by atoms with Gasteiger partial charge in [-0.15, -0.1) is 0 Å². The molecular weight excluding hydrogens is 611 g/mol. The zero-order valence-electron chi connectivity index (χ0n) is 28.4. The lowest BCUT2D eigenvalue weighted by atomic mass is 9.34. The number of amides is 1. The lowest BCUT2D eigenvalue weighted by Gasteiger charge is -2.73. The number of hydrogen-bond donors (Lipinski definition) is 2. The second-order valence-corrected chi connectivity index (χ2v) is 14.8. The summed E-state index contributed by atoms with van der Waals surface area (Å²) in [7, 11) is 3.68. The molecule has 3 N–H and O–H groups in total. The molecule has 1 heterocycles. The van der Waals surface area contributed by atoms with Gasteiger partial charge in [-0.1, -0.05) is 50.6 Å². The molecule has 0 bridgehead atoms. The number of carbonyl (C=O) groups is 2. The van der Waals surface area contributed by atoms with Crippen LogP contribution in [0.1, 0.15) is 76.0 Å². The number of nitrogens with two attached hydrogens (primary N) is 1. The van der Waals surface area contributed by atoms with E-state index in [-0.39, 0.29) is 34.3 Å². The first-order chi connectivity index (χ1) is 21.5. The summed E-state index contributed by atoms with van der Waals surface area (Å²) in [5.41, 5.74) is 6.75. The quantitative estimate of drug-likeness (QED) is 0.263. The maximum atomic E-state index is 13.9. The summed E-state index contributed by atoms with van der Waals surface area (Å²) in [6.07, 6.45) is 0.119. The molecule has 5 rings (SSSR count). The Morgan fingerprint density at radius 2 is 1.74 bits per heavy atom. The first-order valence-electron chi connectivity index (χ1n) is 15.7. The van der Waals surface area contributed by atoms with Gasteiger partial charge in [0.2, 0.25) is 5.91 Å². The summed E-state index contributed by atoms with van der Waals surface area (Å²) in [5.74, 6) is 0.533. The van der Waals surface area contributed by atoms with E-state index in [2.05, 4.69) is 33.0 Å². The number of benzene rings is 2. The fraction of sp³-hybridized carbons (Fsp3) is 0.588. The molecule has 46 heavy (non-hydrogen) atoms. The first-order valence-corrected chi connectivity index (χ1v) is 16.1. The van der Waals surface area contributed by atoms with Crippen LogP contribution in [0.15, 0.2) is 30.3 Å². The van der Waals surface area contributed by atoms with Gasteiger partial charge in [-0.05, 0) is 75.0 Å². The van der Waals surface area contributed by atoms with Crippen LogP contribution in [0.2, 0.25) is 5.02 Å². The molecule has 2 unspecified atom stereocenters. The molecule has 1 aliphatic heterocycles. The zero-order valence-corrected chi connectivity index (χ0v) is 29.1. The van der Waals surface area contributed by atoms with Gasteiger partial charge in [-0.3, -0.25) is 4.79 Å².